The van der Waals surface area contributed by atoms with E-state index in [1.54, 1.807) is 0 Å². The van der Waals surface area contributed by atoms with Crippen molar-refractivity contribution in [2.24, 2.45) is 7.05 Å². The van der Waals surface area contributed by atoms with E-state index in [0.717, 1.165) is 29.0 Å². The number of benzene rings is 1. The lowest BCUT2D eigenvalue weighted by Crippen LogP contribution is -2.05. The molecule has 3 rings (SSSR count). The second-order valence-corrected chi connectivity index (χ2v) is 4.39. The average Bonchev–Trinajstić information content (AvgIpc) is 2.96. The third-order valence-electron chi connectivity index (χ3n) is 3.35. The predicted molar refractivity (Wildman–Crippen MR) is 70.2 cm³/mol. The Labute approximate surface area is 105 Å². The summed E-state index contributed by atoms with van der Waals surface area (Å²) in [5.41, 5.74) is 4.22. The van der Waals surface area contributed by atoms with E-state index in [9.17, 15) is 5.11 Å². The lowest BCUT2D eigenvalue weighted by Gasteiger charge is -2.07. The number of imidazole rings is 1. The van der Waals surface area contributed by atoms with Gasteiger partial charge in [0.05, 0.1) is 30.5 Å². The van der Waals surface area contributed by atoms with E-state index in [2.05, 4.69) is 15.6 Å². The third kappa shape index (κ3) is 1.71. The fourth-order valence-corrected chi connectivity index (χ4v) is 2.23. The molecule has 2 heterocycles. The van der Waals surface area contributed by atoms with Crippen LogP contribution in [0.3, 0.4) is 0 Å². The molecule has 0 saturated carbocycles. The van der Waals surface area contributed by atoms with Gasteiger partial charge < -0.3 is 14.2 Å². The maximum Gasteiger partial charge on any atom is 0.0962 e. The summed E-state index contributed by atoms with van der Waals surface area (Å²) in [6.07, 6.45) is 1.86. The Bertz CT molecular complexity index is 681. The number of hydrogen-bond donors (Lipinski definition) is 1. The summed E-state index contributed by atoms with van der Waals surface area (Å²) in [7, 11) is 1.97. The first-order valence-corrected chi connectivity index (χ1v) is 5.94. The molecule has 0 atom stereocenters. The molecule has 0 aliphatic rings. The topological polar surface area (TPSA) is 43.0 Å². The van der Waals surface area contributed by atoms with Gasteiger partial charge in [-0.3, -0.25) is 0 Å². The molecule has 0 spiro atoms. The van der Waals surface area contributed by atoms with Gasteiger partial charge in [0.25, 0.3) is 0 Å². The zero-order valence-electron chi connectivity index (χ0n) is 10.2. The number of para-hydroxylation sites is 2. The van der Waals surface area contributed by atoms with Crippen LogP contribution in [0.5, 0.6) is 0 Å². The normalized spacial score (nSPS) is 11.2. The first-order valence-electron chi connectivity index (χ1n) is 5.94. The zero-order chi connectivity index (χ0) is 12.5. The molecule has 2 aromatic heterocycles. The highest BCUT2D eigenvalue weighted by atomic mass is 16.3. The lowest BCUT2D eigenvalue weighted by atomic mass is 10.3. The van der Waals surface area contributed by atoms with Crippen LogP contribution in [-0.4, -0.2) is 19.2 Å². The number of rotatable bonds is 3. The van der Waals surface area contributed by atoms with Crippen molar-refractivity contribution in [2.75, 3.05) is 0 Å². The van der Waals surface area contributed by atoms with Gasteiger partial charge in [-0.25, -0.2) is 4.98 Å². The minimum absolute atomic E-state index is 0.0706. The molecule has 0 amide bonds. The van der Waals surface area contributed by atoms with Crippen LogP contribution in [0.2, 0.25) is 0 Å². The molecule has 1 N–H and O–H groups in total. The van der Waals surface area contributed by atoms with Crippen LogP contribution in [0, 0.1) is 0 Å². The highest BCUT2D eigenvalue weighted by Gasteiger charge is 2.06. The summed E-state index contributed by atoms with van der Waals surface area (Å²) < 4.78 is 4.14. The molecule has 4 heteroatoms. The predicted octanol–water partition coefficient (Wildman–Crippen LogP) is 1.92. The van der Waals surface area contributed by atoms with Crippen LogP contribution < -0.4 is 0 Å². The molecule has 0 fully saturated rings. The van der Waals surface area contributed by atoms with Gasteiger partial charge in [-0.05, 0) is 24.3 Å². The van der Waals surface area contributed by atoms with Crippen molar-refractivity contribution < 1.29 is 5.11 Å². The summed E-state index contributed by atoms with van der Waals surface area (Å²) in [5.74, 6) is 0. The second kappa shape index (κ2) is 4.31. The van der Waals surface area contributed by atoms with Crippen LogP contribution in [0.25, 0.3) is 11.0 Å². The third-order valence-corrected chi connectivity index (χ3v) is 3.35. The molecule has 0 radical (unpaired) electrons. The van der Waals surface area contributed by atoms with E-state index in [-0.39, 0.29) is 6.61 Å². The molecule has 1 aromatic carbocycles. The van der Waals surface area contributed by atoms with E-state index in [4.69, 9.17) is 0 Å². The number of aliphatic hydroxyl groups is 1. The zero-order valence-corrected chi connectivity index (χ0v) is 10.2. The van der Waals surface area contributed by atoms with E-state index >= 15 is 0 Å². The molecule has 3 aromatic rings. The van der Waals surface area contributed by atoms with Crippen molar-refractivity contribution in [1.29, 1.82) is 0 Å². The molecule has 4 nitrogen and oxygen atoms in total. The van der Waals surface area contributed by atoms with E-state index in [1.807, 2.05) is 48.3 Å². The summed E-state index contributed by atoms with van der Waals surface area (Å²) in [6.45, 7) is 0.832. The van der Waals surface area contributed by atoms with Gasteiger partial charge in [-0.15, -0.1) is 0 Å². The van der Waals surface area contributed by atoms with Crippen LogP contribution in [0.1, 0.15) is 11.4 Å². The van der Waals surface area contributed by atoms with Gasteiger partial charge in [-0.1, -0.05) is 12.1 Å². The minimum Gasteiger partial charge on any atom is -0.390 e. The van der Waals surface area contributed by atoms with Gasteiger partial charge in [0.15, 0.2) is 0 Å². The number of aromatic nitrogens is 3. The van der Waals surface area contributed by atoms with Crippen molar-refractivity contribution in [1.82, 2.24) is 14.1 Å². The van der Waals surface area contributed by atoms with Crippen LogP contribution in [0.15, 0.2) is 42.7 Å². The fraction of sp³-hybridized carbons (Fsp3) is 0.214. The summed E-state index contributed by atoms with van der Waals surface area (Å²) >= 11 is 0. The number of nitrogens with zero attached hydrogens (tertiary/aromatic N) is 3. The number of fused-ring (bicyclic) bond motifs is 1. The smallest absolute Gasteiger partial charge is 0.0962 e. The van der Waals surface area contributed by atoms with Crippen LogP contribution in [-0.2, 0) is 20.2 Å². The van der Waals surface area contributed by atoms with E-state index in [1.165, 1.54) is 0 Å². The maximum absolute atomic E-state index is 9.19. The highest BCUT2D eigenvalue weighted by Crippen LogP contribution is 2.15. The summed E-state index contributed by atoms with van der Waals surface area (Å²) in [4.78, 5) is 4.38. The number of hydrogen-bond acceptors (Lipinski definition) is 2. The minimum atomic E-state index is 0.0706. The quantitative estimate of drug-likeness (QED) is 0.761. The van der Waals surface area contributed by atoms with Gasteiger partial charge in [0, 0.05) is 18.4 Å². The maximum atomic E-state index is 9.19. The van der Waals surface area contributed by atoms with Gasteiger partial charge >= 0.3 is 0 Å². The largest absolute Gasteiger partial charge is 0.390 e. The Morgan fingerprint density at radius 3 is 2.67 bits per heavy atom. The molecule has 0 aliphatic carbocycles. The SMILES string of the molecule is Cn1c(CO)ccc1Cn1cnc2ccccc21. The molecule has 0 aliphatic heterocycles. The monoisotopic (exact) mass is 241 g/mol. The Morgan fingerprint density at radius 2 is 1.89 bits per heavy atom. The molecule has 92 valence electrons. The van der Waals surface area contributed by atoms with Gasteiger partial charge in [0.1, 0.15) is 0 Å². The van der Waals surface area contributed by atoms with Crippen molar-refractivity contribution in [2.45, 2.75) is 13.2 Å². The van der Waals surface area contributed by atoms with Gasteiger partial charge in [0.2, 0.25) is 0 Å². The van der Waals surface area contributed by atoms with E-state index < -0.39 is 0 Å². The van der Waals surface area contributed by atoms with Crippen molar-refractivity contribution in [3.63, 3.8) is 0 Å². The standard InChI is InChI=1S/C14H15N3O/c1-16-11(6-7-12(16)9-18)8-17-10-15-13-4-2-3-5-14(13)17/h2-7,10,18H,8-9H2,1H3. The molecule has 0 saturated heterocycles. The molecule has 0 bridgehead atoms. The lowest BCUT2D eigenvalue weighted by molar-refractivity contribution is 0.272. The highest BCUT2D eigenvalue weighted by molar-refractivity contribution is 5.75. The number of aliphatic hydroxyl groups excluding tert-OH is 1. The first kappa shape index (κ1) is 11.0. The average molecular weight is 241 g/mol. The first-order chi connectivity index (χ1) is 8.79. The fourth-order valence-electron chi connectivity index (χ4n) is 2.23. The van der Waals surface area contributed by atoms with Crippen LogP contribution in [0.4, 0.5) is 0 Å². The Kier molecular flexibility index (Phi) is 2.64. The molecular weight excluding hydrogens is 226 g/mol. The van der Waals surface area contributed by atoms with Gasteiger partial charge in [-0.2, -0.15) is 0 Å². The van der Waals surface area contributed by atoms with Crippen LogP contribution >= 0.6 is 0 Å². The van der Waals surface area contributed by atoms with Crippen molar-refractivity contribution >= 4 is 11.0 Å². The Morgan fingerprint density at radius 1 is 1.11 bits per heavy atom. The van der Waals surface area contributed by atoms with Crippen molar-refractivity contribution in [3.8, 4) is 0 Å². The van der Waals surface area contributed by atoms with E-state index in [0.29, 0.717) is 0 Å². The summed E-state index contributed by atoms with van der Waals surface area (Å²) in [6, 6.07) is 12.1. The molecule has 0 unspecified atom stereocenters. The summed E-state index contributed by atoms with van der Waals surface area (Å²) in [5, 5.41) is 9.19. The Hall–Kier alpha value is -2.07. The van der Waals surface area contributed by atoms with Crippen molar-refractivity contribution in [3.05, 3.63) is 54.1 Å². The molecule has 18 heavy (non-hydrogen) atoms. The second-order valence-electron chi connectivity index (χ2n) is 4.39. The Balaban J connectivity index is 1.99. The molecular formula is C14H15N3O.